The van der Waals surface area contributed by atoms with Crippen molar-refractivity contribution in [3.8, 4) is 5.88 Å². The Morgan fingerprint density at radius 2 is 1.96 bits per heavy atom. The third-order valence-corrected chi connectivity index (χ3v) is 5.31. The van der Waals surface area contributed by atoms with Crippen LogP contribution in [0, 0.1) is 0 Å². The minimum absolute atomic E-state index is 0.0141. The van der Waals surface area contributed by atoms with E-state index in [-0.39, 0.29) is 21.6 Å². The van der Waals surface area contributed by atoms with Gasteiger partial charge in [0.1, 0.15) is 0 Å². The Bertz CT molecular complexity index is 1190. The second kappa shape index (κ2) is 7.84. The maximum absolute atomic E-state index is 11.3. The van der Waals surface area contributed by atoms with Crippen molar-refractivity contribution in [2.75, 3.05) is 5.32 Å². The van der Waals surface area contributed by atoms with Crippen LogP contribution in [0.5, 0.6) is 5.88 Å². The number of hydrogen-bond acceptors (Lipinski definition) is 5. The first kappa shape index (κ1) is 20.2. The standard InChI is InChI=1S/C17H16ClN5O3S2/c1-2-23-14-8-3-10(18)9-13(14)15(16(23)24)21-22-17(27)20-11-4-6-12(7-5-11)28(19,25)26/h3-9,24H,2H2,1H3,(H,20,27)(H2,19,25,26). The first-order valence-electron chi connectivity index (χ1n) is 8.07. The van der Waals surface area contributed by atoms with Crippen LogP contribution in [0.2, 0.25) is 5.02 Å². The van der Waals surface area contributed by atoms with Gasteiger partial charge in [-0.05, 0) is 61.6 Å². The number of aromatic hydroxyl groups is 1. The first-order valence-corrected chi connectivity index (χ1v) is 10.4. The van der Waals surface area contributed by atoms with Gasteiger partial charge in [-0.2, -0.15) is 0 Å². The highest BCUT2D eigenvalue weighted by Gasteiger charge is 2.16. The number of aromatic nitrogens is 1. The molecule has 1 aromatic heterocycles. The summed E-state index contributed by atoms with van der Waals surface area (Å²) in [5.74, 6) is -0.0381. The molecule has 3 rings (SSSR count). The molecule has 0 amide bonds. The Morgan fingerprint density at radius 3 is 2.57 bits per heavy atom. The van der Waals surface area contributed by atoms with Gasteiger partial charge in [-0.25, -0.2) is 13.6 Å². The third kappa shape index (κ3) is 4.14. The molecular formula is C17H16ClN5O3S2. The zero-order valence-corrected chi connectivity index (χ0v) is 17.0. The van der Waals surface area contributed by atoms with Gasteiger partial charge in [0.15, 0.2) is 5.69 Å². The number of azo groups is 1. The van der Waals surface area contributed by atoms with Crippen molar-refractivity contribution in [1.29, 1.82) is 0 Å². The second-order valence-corrected chi connectivity index (χ2v) is 8.16. The molecule has 0 aliphatic rings. The van der Waals surface area contributed by atoms with E-state index < -0.39 is 10.0 Å². The van der Waals surface area contributed by atoms with Gasteiger partial charge in [0.25, 0.3) is 0 Å². The number of thiocarbonyl (C=S) groups is 1. The fourth-order valence-electron chi connectivity index (χ4n) is 2.69. The third-order valence-electron chi connectivity index (χ3n) is 3.96. The number of primary sulfonamides is 1. The maximum Gasteiger partial charge on any atom is 0.238 e. The minimum Gasteiger partial charge on any atom is -0.493 e. The predicted molar refractivity (Wildman–Crippen MR) is 113 cm³/mol. The first-order chi connectivity index (χ1) is 13.2. The highest BCUT2D eigenvalue weighted by atomic mass is 35.5. The Kier molecular flexibility index (Phi) is 5.66. The molecule has 3 aromatic rings. The van der Waals surface area contributed by atoms with Crippen LogP contribution in [-0.4, -0.2) is 23.2 Å². The van der Waals surface area contributed by atoms with Crippen LogP contribution >= 0.6 is 23.8 Å². The van der Waals surface area contributed by atoms with Gasteiger partial charge in [-0.15, -0.1) is 10.2 Å². The zero-order valence-electron chi connectivity index (χ0n) is 14.6. The van der Waals surface area contributed by atoms with Gasteiger partial charge in [-0.3, -0.25) is 0 Å². The number of rotatable bonds is 4. The Labute approximate surface area is 171 Å². The molecule has 2 aromatic carbocycles. The van der Waals surface area contributed by atoms with Gasteiger partial charge in [0.2, 0.25) is 21.0 Å². The topological polar surface area (TPSA) is 122 Å². The van der Waals surface area contributed by atoms with E-state index in [1.165, 1.54) is 24.3 Å². The van der Waals surface area contributed by atoms with Crippen LogP contribution in [0.25, 0.3) is 10.9 Å². The van der Waals surface area contributed by atoms with Crippen molar-refractivity contribution >= 4 is 61.2 Å². The lowest BCUT2D eigenvalue weighted by Crippen LogP contribution is -2.12. The van der Waals surface area contributed by atoms with Crippen LogP contribution in [0.1, 0.15) is 6.92 Å². The van der Waals surface area contributed by atoms with E-state index in [1.807, 2.05) is 6.92 Å². The molecule has 0 unspecified atom stereocenters. The number of fused-ring (bicyclic) bond motifs is 1. The molecule has 11 heteroatoms. The molecule has 0 saturated carbocycles. The molecule has 146 valence electrons. The summed E-state index contributed by atoms with van der Waals surface area (Å²) in [5, 5.41) is 27.5. The smallest absolute Gasteiger partial charge is 0.238 e. The number of nitrogens with zero attached hydrogens (tertiary/aromatic N) is 3. The van der Waals surface area contributed by atoms with Crippen molar-refractivity contribution in [2.45, 2.75) is 18.4 Å². The van der Waals surface area contributed by atoms with E-state index in [2.05, 4.69) is 15.5 Å². The van der Waals surface area contributed by atoms with Crippen LogP contribution in [0.15, 0.2) is 57.6 Å². The largest absolute Gasteiger partial charge is 0.493 e. The quantitative estimate of drug-likeness (QED) is 0.418. The lowest BCUT2D eigenvalue weighted by atomic mass is 10.2. The Hall–Kier alpha value is -2.53. The molecule has 1 heterocycles. The summed E-state index contributed by atoms with van der Waals surface area (Å²) in [6, 6.07) is 10.9. The number of anilines is 1. The summed E-state index contributed by atoms with van der Waals surface area (Å²) in [4.78, 5) is -0.0141. The predicted octanol–water partition coefficient (Wildman–Crippen LogP) is 4.15. The lowest BCUT2D eigenvalue weighted by molar-refractivity contribution is 0.427. The Balaban J connectivity index is 1.85. The summed E-state index contributed by atoms with van der Waals surface area (Å²) < 4.78 is 24.2. The molecule has 0 saturated heterocycles. The average molecular weight is 438 g/mol. The van der Waals surface area contributed by atoms with Crippen LogP contribution in [-0.2, 0) is 16.6 Å². The van der Waals surface area contributed by atoms with E-state index in [9.17, 15) is 13.5 Å². The van der Waals surface area contributed by atoms with E-state index in [1.54, 1.807) is 22.8 Å². The fraction of sp³-hybridized carbons (Fsp3) is 0.118. The number of sulfonamides is 1. The van der Waals surface area contributed by atoms with E-state index in [0.29, 0.717) is 22.6 Å². The van der Waals surface area contributed by atoms with Gasteiger partial charge >= 0.3 is 0 Å². The molecule has 28 heavy (non-hydrogen) atoms. The second-order valence-electron chi connectivity index (χ2n) is 5.78. The number of hydrogen-bond donors (Lipinski definition) is 3. The van der Waals surface area contributed by atoms with E-state index in [4.69, 9.17) is 29.0 Å². The molecule has 0 bridgehead atoms. The highest BCUT2D eigenvalue weighted by molar-refractivity contribution is 7.89. The zero-order chi connectivity index (χ0) is 20.5. The molecule has 0 fully saturated rings. The van der Waals surface area contributed by atoms with Crippen molar-refractivity contribution in [3.05, 3.63) is 47.5 Å². The number of nitrogens with two attached hydrogens (primary N) is 1. The monoisotopic (exact) mass is 437 g/mol. The molecule has 0 aliphatic heterocycles. The van der Waals surface area contributed by atoms with E-state index >= 15 is 0 Å². The van der Waals surface area contributed by atoms with E-state index in [0.717, 1.165) is 5.52 Å². The lowest BCUT2D eigenvalue weighted by Gasteiger charge is -2.04. The molecule has 0 atom stereocenters. The molecule has 8 nitrogen and oxygen atoms in total. The summed E-state index contributed by atoms with van der Waals surface area (Å²) >= 11 is 11.2. The number of benzene rings is 2. The fourth-order valence-corrected chi connectivity index (χ4v) is 3.53. The normalized spacial score (nSPS) is 12.0. The molecular weight excluding hydrogens is 422 g/mol. The van der Waals surface area contributed by atoms with Gasteiger partial charge in [-0.1, -0.05) is 11.6 Å². The van der Waals surface area contributed by atoms with Crippen molar-refractivity contribution in [1.82, 2.24) is 4.57 Å². The molecule has 0 spiro atoms. The summed E-state index contributed by atoms with van der Waals surface area (Å²) in [5.41, 5.74) is 1.54. The average Bonchev–Trinajstić information content (AvgIpc) is 2.89. The summed E-state index contributed by atoms with van der Waals surface area (Å²) in [7, 11) is -3.77. The number of nitrogens with one attached hydrogen (secondary N) is 1. The van der Waals surface area contributed by atoms with Gasteiger partial charge in [0, 0.05) is 22.6 Å². The van der Waals surface area contributed by atoms with Crippen molar-refractivity contribution in [3.63, 3.8) is 0 Å². The van der Waals surface area contributed by atoms with Gasteiger partial charge < -0.3 is 15.0 Å². The van der Waals surface area contributed by atoms with Crippen LogP contribution in [0.3, 0.4) is 0 Å². The van der Waals surface area contributed by atoms with Crippen molar-refractivity contribution < 1.29 is 13.5 Å². The number of halogens is 1. The minimum atomic E-state index is -3.77. The summed E-state index contributed by atoms with van der Waals surface area (Å²) in [6.07, 6.45) is 0. The van der Waals surface area contributed by atoms with Crippen LogP contribution in [0.4, 0.5) is 11.4 Å². The molecule has 4 N–H and O–H groups in total. The van der Waals surface area contributed by atoms with Crippen molar-refractivity contribution in [2.24, 2.45) is 15.4 Å². The SMILES string of the molecule is CCn1c(O)c(N=NC(=S)Nc2ccc(S(N)(=O)=O)cc2)c2cc(Cl)ccc21. The van der Waals surface area contributed by atoms with Gasteiger partial charge in [0.05, 0.1) is 10.4 Å². The molecule has 0 aliphatic carbocycles. The maximum atomic E-state index is 11.3. The Morgan fingerprint density at radius 1 is 1.29 bits per heavy atom. The molecule has 0 radical (unpaired) electrons. The summed E-state index contributed by atoms with van der Waals surface area (Å²) in [6.45, 7) is 2.44. The number of aryl methyl sites for hydroxylation is 1. The highest BCUT2D eigenvalue weighted by Crippen LogP contribution is 2.39. The van der Waals surface area contributed by atoms with Crippen LogP contribution < -0.4 is 10.5 Å².